The van der Waals surface area contributed by atoms with Crippen LogP contribution in [0.15, 0.2) is 54.7 Å². The molecule has 184 valence electrons. The highest BCUT2D eigenvalue weighted by Crippen LogP contribution is 2.19. The SMILES string of the molecule is CC(C)CC(NC(=O)c1ccc(Cl)cc1)C(=O)N1CCN(C(=O)Cc2c[nH]c3ccccc23)CC1. The summed E-state index contributed by atoms with van der Waals surface area (Å²) >= 11 is 5.92. The highest BCUT2D eigenvalue weighted by Gasteiger charge is 2.30. The molecule has 2 aromatic carbocycles. The summed E-state index contributed by atoms with van der Waals surface area (Å²) < 4.78 is 0. The summed E-state index contributed by atoms with van der Waals surface area (Å²) in [6, 6.07) is 13.9. The molecule has 0 aliphatic carbocycles. The van der Waals surface area contributed by atoms with Crippen molar-refractivity contribution in [2.45, 2.75) is 32.7 Å². The van der Waals surface area contributed by atoms with Crippen molar-refractivity contribution >= 4 is 40.2 Å². The lowest BCUT2D eigenvalue weighted by Crippen LogP contribution is -2.56. The Morgan fingerprint density at radius 3 is 2.31 bits per heavy atom. The maximum atomic E-state index is 13.3. The number of amides is 3. The molecule has 1 aliphatic heterocycles. The van der Waals surface area contributed by atoms with Gasteiger partial charge in [-0.05, 0) is 48.2 Å². The number of piperazine rings is 1. The molecule has 3 amide bonds. The number of carbonyl (C=O) groups excluding carboxylic acids is 3. The Morgan fingerprint density at radius 1 is 0.971 bits per heavy atom. The molecule has 1 unspecified atom stereocenters. The lowest BCUT2D eigenvalue weighted by molar-refractivity contribution is -0.140. The lowest BCUT2D eigenvalue weighted by atomic mass is 10.0. The third-order valence-electron chi connectivity index (χ3n) is 6.38. The van der Waals surface area contributed by atoms with Gasteiger partial charge in [-0.3, -0.25) is 14.4 Å². The van der Waals surface area contributed by atoms with Crippen LogP contribution in [0.3, 0.4) is 0 Å². The van der Waals surface area contributed by atoms with Crippen LogP contribution >= 0.6 is 11.6 Å². The Kier molecular flexibility index (Phi) is 7.76. The fourth-order valence-electron chi connectivity index (χ4n) is 4.48. The van der Waals surface area contributed by atoms with E-state index in [9.17, 15) is 14.4 Å². The number of nitrogens with zero attached hydrogens (tertiary/aromatic N) is 2. The van der Waals surface area contributed by atoms with Crippen molar-refractivity contribution in [1.82, 2.24) is 20.1 Å². The Labute approximate surface area is 210 Å². The normalized spacial score (nSPS) is 14.9. The molecule has 3 aromatic rings. The van der Waals surface area contributed by atoms with Gasteiger partial charge in [0.05, 0.1) is 6.42 Å². The van der Waals surface area contributed by atoms with Gasteiger partial charge in [-0.1, -0.05) is 43.6 Å². The highest BCUT2D eigenvalue weighted by atomic mass is 35.5. The van der Waals surface area contributed by atoms with Gasteiger partial charge in [0, 0.05) is 53.9 Å². The Bertz CT molecular complexity index is 1200. The van der Waals surface area contributed by atoms with Crippen LogP contribution in [0.25, 0.3) is 10.9 Å². The fourth-order valence-corrected chi connectivity index (χ4v) is 4.61. The van der Waals surface area contributed by atoms with Gasteiger partial charge < -0.3 is 20.1 Å². The van der Waals surface area contributed by atoms with Crippen LogP contribution in [-0.2, 0) is 16.0 Å². The Morgan fingerprint density at radius 2 is 1.63 bits per heavy atom. The van der Waals surface area contributed by atoms with Gasteiger partial charge in [0.1, 0.15) is 6.04 Å². The van der Waals surface area contributed by atoms with Crippen molar-refractivity contribution in [2.75, 3.05) is 26.2 Å². The predicted molar refractivity (Wildman–Crippen MR) is 137 cm³/mol. The predicted octanol–water partition coefficient (Wildman–Crippen LogP) is 3.88. The molecule has 1 saturated heterocycles. The molecule has 2 N–H and O–H groups in total. The van der Waals surface area contributed by atoms with E-state index in [1.54, 1.807) is 29.2 Å². The molecule has 0 spiro atoms. The van der Waals surface area contributed by atoms with Crippen molar-refractivity contribution in [1.29, 1.82) is 0 Å². The second-order valence-electron chi connectivity index (χ2n) is 9.40. The van der Waals surface area contributed by atoms with Crippen LogP contribution in [0.1, 0.15) is 36.2 Å². The lowest BCUT2D eigenvalue weighted by Gasteiger charge is -2.37. The molecule has 0 saturated carbocycles. The molecule has 8 heteroatoms. The van der Waals surface area contributed by atoms with Crippen LogP contribution < -0.4 is 5.32 Å². The number of carbonyl (C=O) groups is 3. The first-order valence-electron chi connectivity index (χ1n) is 12.0. The summed E-state index contributed by atoms with van der Waals surface area (Å²) in [5, 5.41) is 4.51. The van der Waals surface area contributed by atoms with Crippen LogP contribution in [0, 0.1) is 5.92 Å². The molecule has 1 aromatic heterocycles. The Hall–Kier alpha value is -3.32. The molecule has 35 heavy (non-hydrogen) atoms. The minimum Gasteiger partial charge on any atom is -0.361 e. The molecule has 7 nitrogen and oxygen atoms in total. The minimum atomic E-state index is -0.619. The van der Waals surface area contributed by atoms with Crippen molar-refractivity contribution < 1.29 is 14.4 Å². The van der Waals surface area contributed by atoms with Crippen molar-refractivity contribution in [3.63, 3.8) is 0 Å². The number of benzene rings is 2. The fraction of sp³-hybridized carbons (Fsp3) is 0.370. The second-order valence-corrected chi connectivity index (χ2v) is 9.84. The number of rotatable bonds is 7. The standard InChI is InChI=1S/C27H31ClN4O3/c1-18(2)15-24(30-26(34)19-7-9-21(28)10-8-19)27(35)32-13-11-31(12-14-32)25(33)16-20-17-29-23-6-4-3-5-22(20)23/h3-10,17-18,24,29H,11-16H2,1-2H3,(H,30,34). The molecule has 0 bridgehead atoms. The zero-order valence-electron chi connectivity index (χ0n) is 20.1. The summed E-state index contributed by atoms with van der Waals surface area (Å²) in [5.41, 5.74) is 2.46. The van der Waals surface area contributed by atoms with Crippen LogP contribution in [0.2, 0.25) is 5.02 Å². The number of para-hydroxylation sites is 1. The maximum Gasteiger partial charge on any atom is 0.251 e. The van der Waals surface area contributed by atoms with Crippen LogP contribution in [0.4, 0.5) is 0 Å². The number of fused-ring (bicyclic) bond motifs is 1. The smallest absolute Gasteiger partial charge is 0.251 e. The minimum absolute atomic E-state index is 0.0524. The first-order valence-corrected chi connectivity index (χ1v) is 12.4. The summed E-state index contributed by atoms with van der Waals surface area (Å²) in [5.74, 6) is -0.122. The number of H-pyrrole nitrogens is 1. The number of hydrogen-bond donors (Lipinski definition) is 2. The van der Waals surface area contributed by atoms with Crippen molar-refractivity contribution in [2.24, 2.45) is 5.92 Å². The van der Waals surface area contributed by atoms with Crippen molar-refractivity contribution in [3.05, 3.63) is 70.9 Å². The molecule has 1 aliphatic rings. The average Bonchev–Trinajstić information content (AvgIpc) is 3.26. The summed E-state index contributed by atoms with van der Waals surface area (Å²) in [4.78, 5) is 45.8. The first kappa shape index (κ1) is 24.8. The highest BCUT2D eigenvalue weighted by molar-refractivity contribution is 6.30. The van der Waals surface area contributed by atoms with Crippen LogP contribution in [0.5, 0.6) is 0 Å². The van der Waals surface area contributed by atoms with E-state index >= 15 is 0 Å². The second kappa shape index (κ2) is 11.0. The molecular weight excluding hydrogens is 464 g/mol. The van der Waals surface area contributed by atoms with Crippen molar-refractivity contribution in [3.8, 4) is 0 Å². The van der Waals surface area contributed by atoms with E-state index in [1.807, 2.05) is 49.2 Å². The topological polar surface area (TPSA) is 85.5 Å². The molecule has 2 heterocycles. The Balaban J connectivity index is 1.35. The molecule has 4 rings (SSSR count). The first-order chi connectivity index (χ1) is 16.8. The van der Waals surface area contributed by atoms with E-state index in [0.29, 0.717) is 49.6 Å². The van der Waals surface area contributed by atoms with Gasteiger partial charge in [0.15, 0.2) is 0 Å². The van der Waals surface area contributed by atoms with E-state index in [2.05, 4.69) is 10.3 Å². The third-order valence-corrected chi connectivity index (χ3v) is 6.63. The molecule has 0 radical (unpaired) electrons. The largest absolute Gasteiger partial charge is 0.361 e. The quantitative estimate of drug-likeness (QED) is 0.522. The van der Waals surface area contributed by atoms with Gasteiger partial charge >= 0.3 is 0 Å². The van der Waals surface area contributed by atoms with E-state index < -0.39 is 6.04 Å². The molecular formula is C27H31ClN4O3. The van der Waals surface area contributed by atoms with E-state index in [-0.39, 0.29) is 23.6 Å². The van der Waals surface area contributed by atoms with E-state index in [0.717, 1.165) is 16.5 Å². The number of hydrogen-bond acceptors (Lipinski definition) is 3. The zero-order valence-corrected chi connectivity index (χ0v) is 20.8. The number of nitrogens with one attached hydrogen (secondary N) is 2. The van der Waals surface area contributed by atoms with E-state index in [1.165, 1.54) is 0 Å². The number of halogens is 1. The molecule has 1 fully saturated rings. The summed E-state index contributed by atoms with van der Waals surface area (Å²) in [6.45, 7) is 5.90. The third kappa shape index (κ3) is 6.03. The van der Waals surface area contributed by atoms with E-state index in [4.69, 9.17) is 11.6 Å². The zero-order chi connectivity index (χ0) is 24.9. The average molecular weight is 495 g/mol. The monoisotopic (exact) mass is 494 g/mol. The van der Waals surface area contributed by atoms with Gasteiger partial charge in [0.25, 0.3) is 5.91 Å². The van der Waals surface area contributed by atoms with Gasteiger partial charge in [0.2, 0.25) is 11.8 Å². The van der Waals surface area contributed by atoms with Gasteiger partial charge in [-0.25, -0.2) is 0 Å². The maximum absolute atomic E-state index is 13.3. The van der Waals surface area contributed by atoms with Gasteiger partial charge in [-0.2, -0.15) is 0 Å². The van der Waals surface area contributed by atoms with Gasteiger partial charge in [-0.15, -0.1) is 0 Å². The number of aromatic amines is 1. The van der Waals surface area contributed by atoms with Crippen LogP contribution in [-0.4, -0.2) is 64.7 Å². The number of aromatic nitrogens is 1. The summed E-state index contributed by atoms with van der Waals surface area (Å²) in [7, 11) is 0. The summed E-state index contributed by atoms with van der Waals surface area (Å²) in [6.07, 6.45) is 2.76. The molecule has 1 atom stereocenters.